The minimum Gasteiger partial charge on any atom is -0.379 e. The first-order valence-corrected chi connectivity index (χ1v) is 6.32. The second-order valence-electron chi connectivity index (χ2n) is 4.18. The molecule has 1 saturated carbocycles. The van der Waals surface area contributed by atoms with Crippen LogP contribution in [0.3, 0.4) is 0 Å². The van der Waals surface area contributed by atoms with Crippen LogP contribution in [-0.4, -0.2) is 22.9 Å². The minimum atomic E-state index is -0.00486. The molecule has 0 saturated heterocycles. The lowest BCUT2D eigenvalue weighted by molar-refractivity contribution is -0.119. The number of amidine groups is 1. The van der Waals surface area contributed by atoms with E-state index in [2.05, 4.69) is 12.2 Å². The molecule has 4 nitrogen and oxygen atoms in total. The number of nitrogens with one attached hydrogen (secondary N) is 2. The molecule has 5 heteroatoms. The number of carbonyl (C=O) groups excluding carboxylic acids is 1. The molecule has 0 unspecified atom stereocenters. The van der Waals surface area contributed by atoms with E-state index in [1.165, 1.54) is 12.8 Å². The number of hydrogen-bond donors (Lipinski definition) is 3. The van der Waals surface area contributed by atoms with E-state index in [4.69, 9.17) is 11.1 Å². The van der Waals surface area contributed by atoms with E-state index in [-0.39, 0.29) is 16.8 Å². The Balaban J connectivity index is 2.17. The molecule has 0 bridgehead atoms. The Kier molecular flexibility index (Phi) is 4.94. The number of rotatable bonds is 3. The number of carbonyl (C=O) groups is 1. The van der Waals surface area contributed by atoms with Gasteiger partial charge in [-0.15, -0.1) is 0 Å². The molecule has 0 aromatic carbocycles. The van der Waals surface area contributed by atoms with Crippen LogP contribution in [0.2, 0.25) is 0 Å². The van der Waals surface area contributed by atoms with Gasteiger partial charge in [-0.05, 0) is 31.6 Å². The Morgan fingerprint density at radius 1 is 1.47 bits per heavy atom. The maximum atomic E-state index is 11.4. The number of hydrogen-bond acceptors (Lipinski definition) is 3. The highest BCUT2D eigenvalue weighted by atomic mass is 32.2. The molecule has 0 heterocycles. The van der Waals surface area contributed by atoms with Crippen LogP contribution in [0, 0.1) is 11.3 Å². The van der Waals surface area contributed by atoms with Crippen molar-refractivity contribution in [1.29, 1.82) is 5.41 Å². The zero-order valence-corrected chi connectivity index (χ0v) is 9.90. The molecular formula is C10H19N3OS. The lowest BCUT2D eigenvalue weighted by Gasteiger charge is -2.26. The van der Waals surface area contributed by atoms with Gasteiger partial charge in [0.15, 0.2) is 5.17 Å². The van der Waals surface area contributed by atoms with Gasteiger partial charge in [-0.25, -0.2) is 0 Å². The van der Waals surface area contributed by atoms with Gasteiger partial charge in [-0.2, -0.15) is 0 Å². The van der Waals surface area contributed by atoms with E-state index in [1.807, 2.05) is 0 Å². The summed E-state index contributed by atoms with van der Waals surface area (Å²) in [6, 6.07) is 0.334. The van der Waals surface area contributed by atoms with Crippen molar-refractivity contribution >= 4 is 22.8 Å². The topological polar surface area (TPSA) is 79.0 Å². The number of thioether (sulfide) groups is 1. The molecule has 86 valence electrons. The molecule has 1 aliphatic rings. The normalized spacial score (nSPS) is 25.9. The van der Waals surface area contributed by atoms with E-state index in [9.17, 15) is 4.79 Å². The third kappa shape index (κ3) is 5.06. The standard InChI is InChI=1S/C10H19N3OS/c1-7-2-4-8(5-3-7)13-9(14)6-15-10(11)12/h7-8H,2-6H2,1H3,(H3,11,12)(H,13,14). The van der Waals surface area contributed by atoms with Gasteiger partial charge in [-0.1, -0.05) is 18.7 Å². The summed E-state index contributed by atoms with van der Waals surface area (Å²) in [6.45, 7) is 2.25. The average molecular weight is 229 g/mol. The second kappa shape index (κ2) is 6.00. The average Bonchev–Trinajstić information content (AvgIpc) is 2.19. The molecule has 1 amide bonds. The summed E-state index contributed by atoms with van der Waals surface area (Å²) in [6.07, 6.45) is 4.56. The molecule has 0 radical (unpaired) electrons. The van der Waals surface area contributed by atoms with Gasteiger partial charge in [0.1, 0.15) is 0 Å². The largest absolute Gasteiger partial charge is 0.379 e. The first kappa shape index (κ1) is 12.4. The van der Waals surface area contributed by atoms with Crippen molar-refractivity contribution in [3.05, 3.63) is 0 Å². The van der Waals surface area contributed by atoms with Crippen LogP contribution in [0.15, 0.2) is 0 Å². The Hall–Kier alpha value is -0.710. The second-order valence-corrected chi connectivity index (χ2v) is 5.19. The van der Waals surface area contributed by atoms with Crippen molar-refractivity contribution < 1.29 is 4.79 Å². The van der Waals surface area contributed by atoms with Crippen molar-refractivity contribution in [2.24, 2.45) is 11.7 Å². The van der Waals surface area contributed by atoms with E-state index in [1.54, 1.807) is 0 Å². The Morgan fingerprint density at radius 2 is 2.07 bits per heavy atom. The minimum absolute atomic E-state index is 0.00224. The van der Waals surface area contributed by atoms with E-state index in [0.717, 1.165) is 30.5 Å². The fourth-order valence-electron chi connectivity index (χ4n) is 1.82. The van der Waals surface area contributed by atoms with Crippen LogP contribution in [0.1, 0.15) is 32.6 Å². The summed E-state index contributed by atoms with van der Waals surface area (Å²) < 4.78 is 0. The van der Waals surface area contributed by atoms with Gasteiger partial charge in [0.2, 0.25) is 5.91 Å². The molecule has 1 fully saturated rings. The van der Waals surface area contributed by atoms with Crippen LogP contribution >= 0.6 is 11.8 Å². The summed E-state index contributed by atoms with van der Waals surface area (Å²) >= 11 is 1.08. The molecule has 4 N–H and O–H groups in total. The van der Waals surface area contributed by atoms with Gasteiger partial charge in [0.05, 0.1) is 5.75 Å². The highest BCUT2D eigenvalue weighted by Gasteiger charge is 2.19. The zero-order chi connectivity index (χ0) is 11.3. The molecule has 0 atom stereocenters. The Bertz CT molecular complexity index is 237. The van der Waals surface area contributed by atoms with Gasteiger partial charge in [0, 0.05) is 6.04 Å². The van der Waals surface area contributed by atoms with Crippen molar-refractivity contribution in [2.45, 2.75) is 38.6 Å². The van der Waals surface area contributed by atoms with E-state index >= 15 is 0 Å². The third-order valence-corrected chi connectivity index (χ3v) is 3.46. The fraction of sp³-hybridized carbons (Fsp3) is 0.800. The molecule has 0 aliphatic heterocycles. The predicted molar refractivity (Wildman–Crippen MR) is 63.9 cm³/mol. The molecule has 0 spiro atoms. The smallest absolute Gasteiger partial charge is 0.230 e. The van der Waals surface area contributed by atoms with Crippen LogP contribution in [0.5, 0.6) is 0 Å². The summed E-state index contributed by atoms with van der Waals surface area (Å²) in [5.41, 5.74) is 5.16. The molecule has 1 aliphatic carbocycles. The van der Waals surface area contributed by atoms with Gasteiger partial charge in [-0.3, -0.25) is 10.2 Å². The van der Waals surface area contributed by atoms with Crippen molar-refractivity contribution in [3.63, 3.8) is 0 Å². The fourth-order valence-corrected chi connectivity index (χ4v) is 2.19. The zero-order valence-electron chi connectivity index (χ0n) is 9.08. The van der Waals surface area contributed by atoms with Crippen molar-refractivity contribution in [3.8, 4) is 0 Å². The number of nitrogens with two attached hydrogens (primary N) is 1. The quantitative estimate of drug-likeness (QED) is 0.504. The Morgan fingerprint density at radius 3 is 2.60 bits per heavy atom. The maximum absolute atomic E-state index is 11.4. The predicted octanol–water partition coefficient (Wildman–Crippen LogP) is 1.31. The molecule has 0 aromatic heterocycles. The monoisotopic (exact) mass is 229 g/mol. The summed E-state index contributed by atoms with van der Waals surface area (Å²) in [7, 11) is 0. The van der Waals surface area contributed by atoms with Gasteiger partial charge < -0.3 is 11.1 Å². The van der Waals surface area contributed by atoms with Gasteiger partial charge in [0.25, 0.3) is 0 Å². The lowest BCUT2D eigenvalue weighted by Crippen LogP contribution is -2.38. The molecular weight excluding hydrogens is 210 g/mol. The van der Waals surface area contributed by atoms with Crippen LogP contribution in [-0.2, 0) is 4.79 Å². The Labute approximate surface area is 94.9 Å². The van der Waals surface area contributed by atoms with E-state index < -0.39 is 0 Å². The van der Waals surface area contributed by atoms with Crippen LogP contribution in [0.25, 0.3) is 0 Å². The highest BCUT2D eigenvalue weighted by molar-refractivity contribution is 8.14. The molecule has 15 heavy (non-hydrogen) atoms. The first-order valence-electron chi connectivity index (χ1n) is 5.34. The maximum Gasteiger partial charge on any atom is 0.230 e. The van der Waals surface area contributed by atoms with Crippen molar-refractivity contribution in [2.75, 3.05) is 5.75 Å². The van der Waals surface area contributed by atoms with E-state index in [0.29, 0.717) is 6.04 Å². The van der Waals surface area contributed by atoms with Crippen molar-refractivity contribution in [1.82, 2.24) is 5.32 Å². The van der Waals surface area contributed by atoms with Crippen LogP contribution < -0.4 is 11.1 Å². The summed E-state index contributed by atoms with van der Waals surface area (Å²) in [4.78, 5) is 11.4. The third-order valence-electron chi connectivity index (χ3n) is 2.74. The lowest BCUT2D eigenvalue weighted by atomic mass is 9.87. The SMILES string of the molecule is CC1CCC(NC(=O)CSC(=N)N)CC1. The van der Waals surface area contributed by atoms with Crippen LogP contribution in [0.4, 0.5) is 0 Å². The summed E-state index contributed by atoms with van der Waals surface area (Å²) in [5.74, 6) is 1.06. The summed E-state index contributed by atoms with van der Waals surface area (Å²) in [5, 5.41) is 9.98. The molecule has 1 rings (SSSR count). The van der Waals surface area contributed by atoms with Gasteiger partial charge >= 0.3 is 0 Å². The highest BCUT2D eigenvalue weighted by Crippen LogP contribution is 2.23. The number of amides is 1. The molecule has 0 aromatic rings. The first-order chi connectivity index (χ1) is 7.08.